The molecule has 0 saturated carbocycles. The molecule has 1 aromatic rings. The summed E-state index contributed by atoms with van der Waals surface area (Å²) < 4.78 is 7.45. The van der Waals surface area contributed by atoms with Crippen LogP contribution < -0.4 is 5.73 Å². The average molecular weight is 296 g/mol. The van der Waals surface area contributed by atoms with Crippen molar-refractivity contribution >= 4 is 5.69 Å². The van der Waals surface area contributed by atoms with Crippen molar-refractivity contribution in [2.75, 3.05) is 32.0 Å². The number of likely N-dealkylation sites (tertiary alicyclic amines) is 1. The van der Waals surface area contributed by atoms with Crippen LogP contribution in [0.15, 0.2) is 0 Å². The largest absolute Gasteiger partial charge is 0.396 e. The molecule has 1 aliphatic rings. The van der Waals surface area contributed by atoms with Crippen molar-refractivity contribution in [3.05, 3.63) is 11.4 Å². The van der Waals surface area contributed by atoms with Crippen LogP contribution in [0, 0.1) is 13.8 Å². The van der Waals surface area contributed by atoms with Crippen LogP contribution in [-0.4, -0.2) is 58.2 Å². The maximum Gasteiger partial charge on any atom is 0.0862 e. The van der Waals surface area contributed by atoms with Gasteiger partial charge in [0.25, 0.3) is 0 Å². The summed E-state index contributed by atoms with van der Waals surface area (Å²) in [6.45, 7) is 9.80. The van der Waals surface area contributed by atoms with Crippen LogP contribution >= 0.6 is 0 Å². The van der Waals surface area contributed by atoms with Crippen molar-refractivity contribution in [1.82, 2.24) is 14.7 Å². The van der Waals surface area contributed by atoms with Crippen LogP contribution in [0.1, 0.15) is 31.2 Å². The van der Waals surface area contributed by atoms with Gasteiger partial charge in [-0.2, -0.15) is 5.10 Å². The summed E-state index contributed by atoms with van der Waals surface area (Å²) >= 11 is 0. The number of aryl methyl sites for hydroxylation is 1. The van der Waals surface area contributed by atoms with Gasteiger partial charge in [-0.25, -0.2) is 0 Å². The highest BCUT2D eigenvalue weighted by molar-refractivity contribution is 5.46. The Hall–Kier alpha value is -1.11. The monoisotopic (exact) mass is 296 g/mol. The number of aromatic nitrogens is 2. The molecule has 3 N–H and O–H groups in total. The van der Waals surface area contributed by atoms with E-state index in [1.54, 1.807) is 0 Å². The average Bonchev–Trinajstić information content (AvgIpc) is 2.69. The molecule has 0 bridgehead atoms. The van der Waals surface area contributed by atoms with E-state index in [4.69, 9.17) is 10.5 Å². The van der Waals surface area contributed by atoms with Gasteiger partial charge in [0.1, 0.15) is 0 Å². The lowest BCUT2D eigenvalue weighted by molar-refractivity contribution is 0.00140. The number of rotatable bonds is 6. The van der Waals surface area contributed by atoms with Crippen molar-refractivity contribution in [3.63, 3.8) is 0 Å². The van der Waals surface area contributed by atoms with E-state index >= 15 is 0 Å². The lowest BCUT2D eigenvalue weighted by Gasteiger charge is -2.32. The number of piperidine rings is 1. The molecule has 1 aromatic heterocycles. The second-order valence-corrected chi connectivity index (χ2v) is 5.88. The molecule has 6 heteroatoms. The van der Waals surface area contributed by atoms with Gasteiger partial charge in [-0.05, 0) is 33.6 Å². The number of β-amino-alcohol motifs (C(OH)–C–C–N with tert-alkyl or cyclic N) is 1. The van der Waals surface area contributed by atoms with Gasteiger partial charge in [-0.15, -0.1) is 0 Å². The Kier molecular flexibility index (Phi) is 5.61. The van der Waals surface area contributed by atoms with Gasteiger partial charge in [-0.3, -0.25) is 4.68 Å². The summed E-state index contributed by atoms with van der Waals surface area (Å²) in [5, 5.41) is 14.6. The third kappa shape index (κ3) is 4.18. The molecule has 0 amide bonds. The predicted octanol–water partition coefficient (Wildman–Crippen LogP) is 0.944. The van der Waals surface area contributed by atoms with Crippen LogP contribution in [0.2, 0.25) is 0 Å². The van der Waals surface area contributed by atoms with Gasteiger partial charge in [0, 0.05) is 26.2 Å². The third-order valence-electron chi connectivity index (χ3n) is 4.23. The van der Waals surface area contributed by atoms with E-state index in [9.17, 15) is 5.11 Å². The Morgan fingerprint density at radius 2 is 2.00 bits per heavy atom. The van der Waals surface area contributed by atoms with E-state index in [-0.39, 0.29) is 0 Å². The third-order valence-corrected chi connectivity index (χ3v) is 4.23. The zero-order valence-electron chi connectivity index (χ0n) is 13.4. The fraction of sp³-hybridized carbons (Fsp3) is 0.800. The zero-order valence-corrected chi connectivity index (χ0v) is 13.4. The van der Waals surface area contributed by atoms with E-state index in [1.807, 2.05) is 25.5 Å². The molecule has 1 atom stereocenters. The van der Waals surface area contributed by atoms with Crippen molar-refractivity contribution in [2.24, 2.45) is 0 Å². The molecule has 2 rings (SSSR count). The van der Waals surface area contributed by atoms with Gasteiger partial charge < -0.3 is 20.5 Å². The minimum Gasteiger partial charge on any atom is -0.396 e. The summed E-state index contributed by atoms with van der Waals surface area (Å²) in [5.74, 6) is 0. The molecular formula is C15H28N4O2. The number of aliphatic hydroxyl groups is 1. The highest BCUT2D eigenvalue weighted by Crippen LogP contribution is 2.16. The molecule has 0 spiro atoms. The van der Waals surface area contributed by atoms with Crippen LogP contribution in [0.25, 0.3) is 0 Å². The normalized spacial score (nSPS) is 19.0. The van der Waals surface area contributed by atoms with Crippen molar-refractivity contribution in [3.8, 4) is 0 Å². The molecule has 0 aromatic carbocycles. The smallest absolute Gasteiger partial charge is 0.0862 e. The first-order valence-corrected chi connectivity index (χ1v) is 7.82. The molecule has 21 heavy (non-hydrogen) atoms. The van der Waals surface area contributed by atoms with Gasteiger partial charge in [0.05, 0.1) is 35.8 Å². The lowest BCUT2D eigenvalue weighted by Crippen LogP contribution is -2.42. The number of anilines is 1. The van der Waals surface area contributed by atoms with E-state index in [1.165, 1.54) is 0 Å². The molecular weight excluding hydrogens is 268 g/mol. The Labute approximate surface area is 126 Å². The molecule has 120 valence electrons. The van der Waals surface area contributed by atoms with Gasteiger partial charge in [0.15, 0.2) is 0 Å². The van der Waals surface area contributed by atoms with E-state index < -0.39 is 6.10 Å². The SMILES string of the molecule is CCOC1CCN(CC(O)Cn2nc(C)c(N)c2C)CC1. The Bertz CT molecular complexity index is 453. The van der Waals surface area contributed by atoms with Crippen molar-refractivity contribution in [2.45, 2.75) is 52.4 Å². The molecule has 1 fully saturated rings. The maximum absolute atomic E-state index is 10.3. The quantitative estimate of drug-likeness (QED) is 0.817. The summed E-state index contributed by atoms with van der Waals surface area (Å²) in [7, 11) is 0. The van der Waals surface area contributed by atoms with Gasteiger partial charge >= 0.3 is 0 Å². The van der Waals surface area contributed by atoms with Gasteiger partial charge in [0.2, 0.25) is 0 Å². The van der Waals surface area contributed by atoms with Crippen LogP contribution in [0.5, 0.6) is 0 Å². The maximum atomic E-state index is 10.3. The molecule has 6 nitrogen and oxygen atoms in total. The molecule has 1 unspecified atom stereocenters. The van der Waals surface area contributed by atoms with Crippen molar-refractivity contribution in [1.29, 1.82) is 0 Å². The standard InChI is InChI=1S/C15H28N4O2/c1-4-21-14-5-7-18(8-6-14)9-13(20)10-19-12(3)15(16)11(2)17-19/h13-14,20H,4-10,16H2,1-3H3. The second-order valence-electron chi connectivity index (χ2n) is 5.88. The fourth-order valence-electron chi connectivity index (χ4n) is 2.94. The zero-order chi connectivity index (χ0) is 15.4. The summed E-state index contributed by atoms with van der Waals surface area (Å²) in [4.78, 5) is 2.30. The van der Waals surface area contributed by atoms with Crippen LogP contribution in [-0.2, 0) is 11.3 Å². The topological polar surface area (TPSA) is 76.5 Å². The van der Waals surface area contributed by atoms with Crippen molar-refractivity contribution < 1.29 is 9.84 Å². The van der Waals surface area contributed by atoms with Gasteiger partial charge in [-0.1, -0.05) is 0 Å². The number of ether oxygens (including phenoxy) is 1. The first kappa shape index (κ1) is 16.3. The van der Waals surface area contributed by atoms with Crippen LogP contribution in [0.3, 0.4) is 0 Å². The first-order chi connectivity index (χ1) is 10.0. The first-order valence-electron chi connectivity index (χ1n) is 7.82. The summed E-state index contributed by atoms with van der Waals surface area (Å²) in [6.07, 6.45) is 2.06. The number of hydrogen-bond acceptors (Lipinski definition) is 5. The number of nitrogens with two attached hydrogens (primary N) is 1. The minimum atomic E-state index is -0.425. The number of nitrogen functional groups attached to an aromatic ring is 1. The Morgan fingerprint density at radius 1 is 1.33 bits per heavy atom. The van der Waals surface area contributed by atoms with E-state index in [0.717, 1.165) is 49.6 Å². The molecule has 1 saturated heterocycles. The second kappa shape index (κ2) is 7.24. The fourth-order valence-corrected chi connectivity index (χ4v) is 2.94. The van der Waals surface area contributed by atoms with E-state index in [2.05, 4.69) is 10.00 Å². The molecule has 0 aliphatic carbocycles. The Morgan fingerprint density at radius 3 is 2.52 bits per heavy atom. The number of nitrogens with zero attached hydrogens (tertiary/aromatic N) is 3. The minimum absolute atomic E-state index is 0.388. The number of aliphatic hydroxyl groups excluding tert-OH is 1. The summed E-state index contributed by atoms with van der Waals surface area (Å²) in [5.41, 5.74) is 8.40. The van der Waals surface area contributed by atoms with Crippen LogP contribution in [0.4, 0.5) is 5.69 Å². The molecule has 1 aliphatic heterocycles. The lowest BCUT2D eigenvalue weighted by atomic mass is 10.1. The highest BCUT2D eigenvalue weighted by Gasteiger charge is 2.21. The highest BCUT2D eigenvalue weighted by atomic mass is 16.5. The number of hydrogen-bond donors (Lipinski definition) is 2. The molecule has 0 radical (unpaired) electrons. The molecule has 2 heterocycles. The summed E-state index contributed by atoms with van der Waals surface area (Å²) in [6, 6.07) is 0. The Balaban J connectivity index is 1.80. The predicted molar refractivity (Wildman–Crippen MR) is 83.2 cm³/mol. The van der Waals surface area contributed by atoms with E-state index in [0.29, 0.717) is 19.2 Å².